The zero-order chi connectivity index (χ0) is 21.3. The smallest absolute Gasteiger partial charge is 0.227 e. The Balaban J connectivity index is 1.45. The van der Waals surface area contributed by atoms with E-state index in [0.717, 1.165) is 22.6 Å². The Kier molecular flexibility index (Phi) is 5.53. The Hall–Kier alpha value is -3.22. The summed E-state index contributed by atoms with van der Waals surface area (Å²) in [7, 11) is 1.79. The van der Waals surface area contributed by atoms with E-state index in [1.807, 2.05) is 35.7 Å². The zero-order valence-electron chi connectivity index (χ0n) is 17.2. The van der Waals surface area contributed by atoms with Crippen LogP contribution >= 0.6 is 0 Å². The number of imidazole rings is 1. The van der Waals surface area contributed by atoms with Crippen LogP contribution in [-0.2, 0) is 22.7 Å². The second-order valence-electron chi connectivity index (χ2n) is 7.91. The molecule has 1 aromatic carbocycles. The van der Waals surface area contributed by atoms with Crippen molar-refractivity contribution >= 4 is 17.5 Å². The minimum Gasteiger partial charge on any atom is -0.340 e. The van der Waals surface area contributed by atoms with E-state index in [2.05, 4.69) is 4.98 Å². The summed E-state index contributed by atoms with van der Waals surface area (Å²) in [5, 5.41) is 0. The van der Waals surface area contributed by atoms with Gasteiger partial charge < -0.3 is 14.2 Å². The number of carbonyl (C=O) groups excluding carboxylic acids is 2. The minimum absolute atomic E-state index is 0.00333. The Morgan fingerprint density at radius 3 is 2.90 bits per heavy atom. The van der Waals surface area contributed by atoms with Gasteiger partial charge in [-0.3, -0.25) is 9.59 Å². The monoisotopic (exact) mass is 408 g/mol. The summed E-state index contributed by atoms with van der Waals surface area (Å²) in [5.74, 6) is -0.575. The summed E-state index contributed by atoms with van der Waals surface area (Å²) in [6.45, 7) is 3.06. The van der Waals surface area contributed by atoms with Crippen molar-refractivity contribution in [3.05, 3.63) is 71.4 Å². The molecule has 1 fully saturated rings. The van der Waals surface area contributed by atoms with E-state index in [9.17, 15) is 14.0 Å². The molecule has 1 aliphatic heterocycles. The maximum absolute atomic E-state index is 13.5. The second-order valence-corrected chi connectivity index (χ2v) is 7.91. The zero-order valence-corrected chi connectivity index (χ0v) is 17.2. The van der Waals surface area contributed by atoms with Crippen LogP contribution in [0.3, 0.4) is 0 Å². The molecule has 1 atom stereocenters. The Morgan fingerprint density at radius 1 is 1.27 bits per heavy atom. The maximum Gasteiger partial charge on any atom is 0.227 e. The fourth-order valence-corrected chi connectivity index (χ4v) is 4.09. The van der Waals surface area contributed by atoms with Gasteiger partial charge in [0.05, 0.1) is 23.9 Å². The molecular weight excluding hydrogens is 383 g/mol. The van der Waals surface area contributed by atoms with Crippen molar-refractivity contribution in [1.82, 2.24) is 19.2 Å². The molecule has 6 nitrogen and oxygen atoms in total. The van der Waals surface area contributed by atoms with E-state index in [1.54, 1.807) is 29.0 Å². The molecule has 0 N–H and O–H groups in total. The van der Waals surface area contributed by atoms with Crippen molar-refractivity contribution < 1.29 is 14.0 Å². The summed E-state index contributed by atoms with van der Waals surface area (Å²) in [4.78, 5) is 33.4. The lowest BCUT2D eigenvalue weighted by Gasteiger charge is -2.34. The van der Waals surface area contributed by atoms with Crippen LogP contribution in [0.1, 0.15) is 29.8 Å². The normalized spacial score (nSPS) is 16.8. The highest BCUT2D eigenvalue weighted by molar-refractivity contribution is 5.83. The van der Waals surface area contributed by atoms with Gasteiger partial charge in [0.15, 0.2) is 0 Å². The third-order valence-corrected chi connectivity index (χ3v) is 5.70. The molecule has 7 heteroatoms. The van der Waals surface area contributed by atoms with Gasteiger partial charge in [-0.25, -0.2) is 9.37 Å². The van der Waals surface area contributed by atoms with Crippen LogP contribution in [0.2, 0.25) is 0 Å². The first kappa shape index (κ1) is 20.1. The van der Waals surface area contributed by atoms with Crippen molar-refractivity contribution in [2.24, 2.45) is 5.92 Å². The van der Waals surface area contributed by atoms with Crippen molar-refractivity contribution in [3.8, 4) is 0 Å². The van der Waals surface area contributed by atoms with Crippen LogP contribution in [0.5, 0.6) is 0 Å². The van der Waals surface area contributed by atoms with Crippen molar-refractivity contribution in [2.75, 3.05) is 13.6 Å². The quantitative estimate of drug-likeness (QED) is 0.652. The number of pyridine rings is 1. The van der Waals surface area contributed by atoms with Crippen molar-refractivity contribution in [1.29, 1.82) is 0 Å². The average molecular weight is 408 g/mol. The van der Waals surface area contributed by atoms with Gasteiger partial charge in [0.2, 0.25) is 11.8 Å². The van der Waals surface area contributed by atoms with Crippen LogP contribution in [0.4, 0.5) is 4.39 Å². The van der Waals surface area contributed by atoms with Gasteiger partial charge in [0.25, 0.3) is 0 Å². The molecule has 3 aromatic rings. The summed E-state index contributed by atoms with van der Waals surface area (Å²) in [6.07, 6.45) is 2.81. The van der Waals surface area contributed by atoms with Crippen LogP contribution in [0, 0.1) is 18.7 Å². The summed E-state index contributed by atoms with van der Waals surface area (Å²) in [6, 6.07) is 12.1. The average Bonchev–Trinajstić information content (AvgIpc) is 3.04. The number of hydrogen-bond donors (Lipinski definition) is 0. The third-order valence-electron chi connectivity index (χ3n) is 5.70. The maximum atomic E-state index is 13.5. The van der Waals surface area contributed by atoms with Crippen molar-refractivity contribution in [2.45, 2.75) is 32.9 Å². The number of benzene rings is 1. The van der Waals surface area contributed by atoms with Crippen LogP contribution in [0.15, 0.2) is 48.7 Å². The van der Waals surface area contributed by atoms with Gasteiger partial charge >= 0.3 is 0 Å². The van der Waals surface area contributed by atoms with E-state index < -0.39 is 0 Å². The number of halogens is 1. The molecule has 0 spiro atoms. The van der Waals surface area contributed by atoms with E-state index in [1.165, 1.54) is 12.1 Å². The number of likely N-dealkylation sites (tertiary alicyclic amines) is 1. The molecule has 4 rings (SSSR count). The molecule has 156 valence electrons. The number of nitrogens with zero attached hydrogens (tertiary/aromatic N) is 4. The minimum atomic E-state index is -0.326. The first-order chi connectivity index (χ1) is 14.4. The van der Waals surface area contributed by atoms with Gasteiger partial charge in [0, 0.05) is 32.8 Å². The molecule has 2 amide bonds. The third kappa shape index (κ3) is 4.06. The number of piperidine rings is 1. The second kappa shape index (κ2) is 8.26. The van der Waals surface area contributed by atoms with E-state index in [-0.39, 0.29) is 23.5 Å². The first-order valence-electron chi connectivity index (χ1n) is 10.1. The standard InChI is InChI=1S/C23H25FN4O2/c1-16-20(28-11-4-3-8-21(28)25-16)15-26(2)23(30)18-9-10-22(29)27(14-18)13-17-6-5-7-19(24)12-17/h3-8,11-12,18H,9-10,13-15H2,1-2H3/t18-/m0/s1. The number of carbonyl (C=O) groups is 2. The molecule has 0 unspecified atom stereocenters. The molecule has 0 radical (unpaired) electrons. The SMILES string of the molecule is Cc1nc2ccccn2c1CN(C)C(=O)[C@H]1CCC(=O)N(Cc2cccc(F)c2)C1. The fraction of sp³-hybridized carbons (Fsp3) is 0.348. The number of amides is 2. The summed E-state index contributed by atoms with van der Waals surface area (Å²) >= 11 is 0. The first-order valence-corrected chi connectivity index (χ1v) is 10.1. The number of hydrogen-bond acceptors (Lipinski definition) is 3. The molecule has 1 saturated heterocycles. The van der Waals surface area contributed by atoms with Crippen molar-refractivity contribution in [3.63, 3.8) is 0 Å². The predicted octanol–water partition coefficient (Wildman–Crippen LogP) is 3.18. The number of fused-ring (bicyclic) bond motifs is 1. The molecule has 0 bridgehead atoms. The molecule has 0 aliphatic carbocycles. The predicted molar refractivity (Wildman–Crippen MR) is 111 cm³/mol. The summed E-state index contributed by atoms with van der Waals surface area (Å²) in [5.41, 5.74) is 3.46. The van der Waals surface area contributed by atoms with E-state index in [0.29, 0.717) is 32.5 Å². The van der Waals surface area contributed by atoms with E-state index in [4.69, 9.17) is 0 Å². The van der Waals surface area contributed by atoms with Gasteiger partial charge in [-0.05, 0) is 43.2 Å². The highest BCUT2D eigenvalue weighted by Crippen LogP contribution is 2.23. The van der Waals surface area contributed by atoms with Crippen LogP contribution in [-0.4, -0.2) is 44.6 Å². The van der Waals surface area contributed by atoms with Gasteiger partial charge in [-0.1, -0.05) is 18.2 Å². The molecule has 30 heavy (non-hydrogen) atoms. The number of aromatic nitrogens is 2. The Labute approximate surface area is 174 Å². The molecule has 1 aliphatic rings. The molecule has 2 aromatic heterocycles. The molecule has 0 saturated carbocycles. The number of aryl methyl sites for hydroxylation is 1. The lowest BCUT2D eigenvalue weighted by molar-refractivity contribution is -0.143. The van der Waals surface area contributed by atoms with Crippen LogP contribution < -0.4 is 0 Å². The van der Waals surface area contributed by atoms with E-state index >= 15 is 0 Å². The Morgan fingerprint density at radius 2 is 2.10 bits per heavy atom. The number of rotatable bonds is 5. The highest BCUT2D eigenvalue weighted by atomic mass is 19.1. The summed E-state index contributed by atoms with van der Waals surface area (Å²) < 4.78 is 15.5. The topological polar surface area (TPSA) is 57.9 Å². The lowest BCUT2D eigenvalue weighted by atomic mass is 9.95. The fourth-order valence-electron chi connectivity index (χ4n) is 4.09. The van der Waals surface area contributed by atoms with Gasteiger partial charge in [0.1, 0.15) is 11.5 Å². The molecule has 3 heterocycles. The van der Waals surface area contributed by atoms with Gasteiger partial charge in [-0.15, -0.1) is 0 Å². The van der Waals surface area contributed by atoms with Crippen LogP contribution in [0.25, 0.3) is 5.65 Å². The lowest BCUT2D eigenvalue weighted by Crippen LogP contribution is -2.45. The van der Waals surface area contributed by atoms with Gasteiger partial charge in [-0.2, -0.15) is 0 Å². The highest BCUT2D eigenvalue weighted by Gasteiger charge is 2.32. The Bertz CT molecular complexity index is 1090. The molecular formula is C23H25FN4O2. The largest absolute Gasteiger partial charge is 0.340 e.